The summed E-state index contributed by atoms with van der Waals surface area (Å²) >= 11 is 0. The largest absolute Gasteiger partial charge is 0.352 e. The lowest BCUT2D eigenvalue weighted by Crippen LogP contribution is -2.45. The van der Waals surface area contributed by atoms with E-state index in [0.29, 0.717) is 36.2 Å². The molecule has 0 radical (unpaired) electrons. The zero-order valence-corrected chi connectivity index (χ0v) is 18.9. The van der Waals surface area contributed by atoms with Crippen molar-refractivity contribution in [3.63, 3.8) is 0 Å². The van der Waals surface area contributed by atoms with E-state index in [1.807, 2.05) is 6.92 Å². The van der Waals surface area contributed by atoms with Crippen molar-refractivity contribution in [3.8, 4) is 0 Å². The Bertz CT molecular complexity index is 851. The maximum atomic E-state index is 12.5. The molecule has 3 heterocycles. The molecule has 0 aliphatic carbocycles. The molecular formula is C22H34N8O. The van der Waals surface area contributed by atoms with Crippen LogP contribution in [0.2, 0.25) is 0 Å². The Morgan fingerprint density at radius 3 is 2.61 bits per heavy atom. The van der Waals surface area contributed by atoms with Crippen LogP contribution in [0.1, 0.15) is 55.7 Å². The molecular weight excluding hydrogens is 392 g/mol. The van der Waals surface area contributed by atoms with Gasteiger partial charge in [0.1, 0.15) is 11.6 Å². The van der Waals surface area contributed by atoms with Crippen LogP contribution in [0.4, 0.5) is 17.7 Å². The number of piperazine rings is 1. The summed E-state index contributed by atoms with van der Waals surface area (Å²) in [5, 5.41) is 6.13. The van der Waals surface area contributed by atoms with Crippen molar-refractivity contribution >= 4 is 23.6 Å². The van der Waals surface area contributed by atoms with Gasteiger partial charge in [-0.25, -0.2) is 4.98 Å². The summed E-state index contributed by atoms with van der Waals surface area (Å²) in [6, 6.07) is 3.44. The SMILES string of the molecule is CCCCCCNC(=O)c1ccnc(Nc2nc(CC)nc(N3CCN(C)CC3)n2)c1. The fourth-order valence-corrected chi connectivity index (χ4v) is 3.38. The average molecular weight is 427 g/mol. The van der Waals surface area contributed by atoms with E-state index in [0.717, 1.165) is 44.8 Å². The van der Waals surface area contributed by atoms with E-state index in [1.54, 1.807) is 18.3 Å². The van der Waals surface area contributed by atoms with Crippen molar-refractivity contribution in [2.75, 3.05) is 50.0 Å². The number of amides is 1. The summed E-state index contributed by atoms with van der Waals surface area (Å²) in [7, 11) is 2.12. The highest BCUT2D eigenvalue weighted by Gasteiger charge is 2.18. The number of anilines is 3. The third kappa shape index (κ3) is 6.85. The van der Waals surface area contributed by atoms with Crippen molar-refractivity contribution in [1.29, 1.82) is 0 Å². The molecule has 0 atom stereocenters. The molecule has 0 bridgehead atoms. The highest BCUT2D eigenvalue weighted by Crippen LogP contribution is 2.17. The zero-order chi connectivity index (χ0) is 22.1. The van der Waals surface area contributed by atoms with Gasteiger partial charge in [-0.1, -0.05) is 33.1 Å². The second-order valence-corrected chi connectivity index (χ2v) is 7.89. The normalized spacial score (nSPS) is 14.5. The van der Waals surface area contributed by atoms with Crippen LogP contribution in [-0.4, -0.2) is 70.5 Å². The number of unbranched alkanes of at least 4 members (excludes halogenated alkanes) is 3. The van der Waals surface area contributed by atoms with E-state index < -0.39 is 0 Å². The van der Waals surface area contributed by atoms with Crippen LogP contribution in [0.15, 0.2) is 18.3 Å². The van der Waals surface area contributed by atoms with Gasteiger partial charge in [0.25, 0.3) is 5.91 Å². The highest BCUT2D eigenvalue weighted by molar-refractivity contribution is 5.94. The Morgan fingerprint density at radius 1 is 1.06 bits per heavy atom. The monoisotopic (exact) mass is 426 g/mol. The maximum Gasteiger partial charge on any atom is 0.251 e. The fraction of sp³-hybridized carbons (Fsp3) is 0.591. The van der Waals surface area contributed by atoms with Crippen LogP contribution in [0.5, 0.6) is 0 Å². The Morgan fingerprint density at radius 2 is 1.87 bits per heavy atom. The van der Waals surface area contributed by atoms with Crippen LogP contribution in [0, 0.1) is 0 Å². The summed E-state index contributed by atoms with van der Waals surface area (Å²) in [5.74, 6) is 2.31. The molecule has 0 unspecified atom stereocenters. The molecule has 168 valence electrons. The number of aromatic nitrogens is 4. The van der Waals surface area contributed by atoms with Crippen LogP contribution >= 0.6 is 0 Å². The topological polar surface area (TPSA) is 99.2 Å². The Labute approximate surface area is 184 Å². The maximum absolute atomic E-state index is 12.5. The Kier molecular flexibility index (Phi) is 8.52. The molecule has 1 aliphatic heterocycles. The van der Waals surface area contributed by atoms with E-state index in [4.69, 9.17) is 0 Å². The van der Waals surface area contributed by atoms with E-state index in [9.17, 15) is 4.79 Å². The standard InChI is InChI=1S/C22H34N8O/c1-4-6-7-8-10-24-20(31)17-9-11-23-19(16-17)26-21-25-18(5-2)27-22(28-21)30-14-12-29(3)13-15-30/h9,11,16H,4-8,10,12-15H2,1-3H3,(H,24,31)(H,23,25,26,27,28). The van der Waals surface area contributed by atoms with Crippen molar-refractivity contribution < 1.29 is 4.79 Å². The van der Waals surface area contributed by atoms with Gasteiger partial charge in [0.2, 0.25) is 11.9 Å². The van der Waals surface area contributed by atoms with E-state index in [-0.39, 0.29) is 5.91 Å². The number of nitrogens with zero attached hydrogens (tertiary/aromatic N) is 6. The first-order valence-corrected chi connectivity index (χ1v) is 11.3. The minimum atomic E-state index is -0.0926. The first-order valence-electron chi connectivity index (χ1n) is 11.3. The van der Waals surface area contributed by atoms with Gasteiger partial charge >= 0.3 is 0 Å². The van der Waals surface area contributed by atoms with Gasteiger partial charge in [-0.3, -0.25) is 4.79 Å². The molecule has 9 heteroatoms. The lowest BCUT2D eigenvalue weighted by Gasteiger charge is -2.32. The van der Waals surface area contributed by atoms with Gasteiger partial charge < -0.3 is 20.4 Å². The summed E-state index contributed by atoms with van der Waals surface area (Å²) in [5.41, 5.74) is 0.567. The summed E-state index contributed by atoms with van der Waals surface area (Å²) in [6.45, 7) is 8.61. The number of aryl methyl sites for hydroxylation is 1. The van der Waals surface area contributed by atoms with Crippen LogP contribution in [0.25, 0.3) is 0 Å². The first kappa shape index (κ1) is 22.9. The Hall–Kier alpha value is -2.81. The predicted molar refractivity (Wildman–Crippen MR) is 123 cm³/mol. The van der Waals surface area contributed by atoms with Crippen molar-refractivity contribution in [3.05, 3.63) is 29.7 Å². The van der Waals surface area contributed by atoms with E-state index in [1.165, 1.54) is 12.8 Å². The van der Waals surface area contributed by atoms with Gasteiger partial charge in [0.15, 0.2) is 0 Å². The summed E-state index contributed by atoms with van der Waals surface area (Å²) in [4.78, 5) is 35.0. The van der Waals surface area contributed by atoms with E-state index >= 15 is 0 Å². The van der Waals surface area contributed by atoms with Gasteiger partial charge in [0.05, 0.1) is 0 Å². The molecule has 0 aromatic carbocycles. The van der Waals surface area contributed by atoms with Crippen LogP contribution in [0.3, 0.4) is 0 Å². The molecule has 3 rings (SSSR count). The second kappa shape index (κ2) is 11.5. The molecule has 1 aliphatic rings. The number of hydrogen-bond acceptors (Lipinski definition) is 8. The molecule has 31 heavy (non-hydrogen) atoms. The number of hydrogen-bond donors (Lipinski definition) is 2. The number of rotatable bonds is 10. The lowest BCUT2D eigenvalue weighted by molar-refractivity contribution is 0.0953. The first-order chi connectivity index (χ1) is 15.1. The molecule has 2 aromatic heterocycles. The predicted octanol–water partition coefficient (Wildman–Crippen LogP) is 2.63. The third-order valence-electron chi connectivity index (χ3n) is 5.35. The lowest BCUT2D eigenvalue weighted by atomic mass is 10.2. The van der Waals surface area contributed by atoms with Gasteiger partial charge in [-0.2, -0.15) is 15.0 Å². The molecule has 0 spiro atoms. The van der Waals surface area contributed by atoms with Crippen molar-refractivity contribution in [1.82, 2.24) is 30.2 Å². The number of carbonyl (C=O) groups excluding carboxylic acids is 1. The van der Waals surface area contributed by atoms with Crippen molar-refractivity contribution in [2.24, 2.45) is 0 Å². The number of likely N-dealkylation sites (N-methyl/N-ethyl adjacent to an activating group) is 1. The summed E-state index contributed by atoms with van der Waals surface area (Å²) in [6.07, 6.45) is 6.84. The smallest absolute Gasteiger partial charge is 0.251 e. The van der Waals surface area contributed by atoms with E-state index in [2.05, 4.69) is 54.3 Å². The zero-order valence-electron chi connectivity index (χ0n) is 18.9. The number of pyridine rings is 1. The van der Waals surface area contributed by atoms with Crippen LogP contribution in [-0.2, 0) is 6.42 Å². The molecule has 1 amide bonds. The molecule has 2 aromatic rings. The second-order valence-electron chi connectivity index (χ2n) is 7.89. The molecule has 2 N–H and O–H groups in total. The minimum absolute atomic E-state index is 0.0926. The molecule has 1 fully saturated rings. The third-order valence-corrected chi connectivity index (χ3v) is 5.35. The number of nitrogens with one attached hydrogen (secondary N) is 2. The Balaban J connectivity index is 1.67. The highest BCUT2D eigenvalue weighted by atomic mass is 16.1. The van der Waals surface area contributed by atoms with Crippen molar-refractivity contribution in [2.45, 2.75) is 46.0 Å². The van der Waals surface area contributed by atoms with Gasteiger partial charge in [0, 0.05) is 50.9 Å². The minimum Gasteiger partial charge on any atom is -0.352 e. The van der Waals surface area contributed by atoms with Gasteiger partial charge in [-0.15, -0.1) is 0 Å². The number of carbonyl (C=O) groups is 1. The summed E-state index contributed by atoms with van der Waals surface area (Å²) < 4.78 is 0. The fourth-order valence-electron chi connectivity index (χ4n) is 3.38. The molecule has 9 nitrogen and oxygen atoms in total. The van der Waals surface area contributed by atoms with Crippen LogP contribution < -0.4 is 15.5 Å². The van der Waals surface area contributed by atoms with Gasteiger partial charge in [-0.05, 0) is 25.6 Å². The molecule has 0 saturated carbocycles. The molecule has 1 saturated heterocycles. The quantitative estimate of drug-likeness (QED) is 0.560. The average Bonchev–Trinajstić information content (AvgIpc) is 2.79.